The maximum Gasteiger partial charge on any atom is 0.282 e. The fourth-order valence-electron chi connectivity index (χ4n) is 1.09. The molecule has 19 heavy (non-hydrogen) atoms. The van der Waals surface area contributed by atoms with E-state index in [9.17, 15) is 4.79 Å². The predicted octanol–water partition coefficient (Wildman–Crippen LogP) is 0.301. The predicted molar refractivity (Wildman–Crippen MR) is 72.3 cm³/mol. The third kappa shape index (κ3) is 7.43. The summed E-state index contributed by atoms with van der Waals surface area (Å²) in [5, 5.41) is 12.2. The Bertz CT molecular complexity index is 432. The Kier molecular flexibility index (Phi) is 7.79. The first-order valence-corrected chi connectivity index (χ1v) is 6.19. The average Bonchev–Trinajstić information content (AvgIpc) is 2.30. The SMILES string of the molecule is CC(=O)[O-].CC(C)[C@H]([NH3+])C(=O)Nc1ccccc1Cl. The number of benzene rings is 1. The molecule has 0 aliphatic heterocycles. The zero-order valence-corrected chi connectivity index (χ0v) is 12.0. The van der Waals surface area contributed by atoms with Crippen LogP contribution in [0.2, 0.25) is 5.02 Å². The molecule has 1 aromatic carbocycles. The van der Waals surface area contributed by atoms with Gasteiger partial charge >= 0.3 is 0 Å². The molecule has 0 aliphatic carbocycles. The number of amides is 1. The van der Waals surface area contributed by atoms with Crippen LogP contribution in [-0.4, -0.2) is 17.9 Å². The summed E-state index contributed by atoms with van der Waals surface area (Å²) >= 11 is 5.92. The molecule has 0 spiro atoms. The summed E-state index contributed by atoms with van der Waals surface area (Å²) in [7, 11) is 0. The molecule has 1 amide bonds. The third-order valence-electron chi connectivity index (χ3n) is 2.27. The minimum absolute atomic E-state index is 0.0990. The van der Waals surface area contributed by atoms with Crippen molar-refractivity contribution < 1.29 is 20.4 Å². The second-order valence-corrected chi connectivity index (χ2v) is 4.72. The van der Waals surface area contributed by atoms with Crippen LogP contribution in [-0.2, 0) is 9.59 Å². The normalized spacial score (nSPS) is 11.3. The number of hydrogen-bond acceptors (Lipinski definition) is 3. The molecule has 0 heterocycles. The van der Waals surface area contributed by atoms with Crippen molar-refractivity contribution in [1.29, 1.82) is 0 Å². The standard InChI is InChI=1S/C11H15ClN2O.C2H4O2/c1-7(2)10(13)11(15)14-9-6-4-3-5-8(9)12;1-2(3)4/h3-7,10H,13H2,1-2H3,(H,14,15);1H3,(H,3,4)/t10-;/m0./s1. The van der Waals surface area contributed by atoms with E-state index in [0.717, 1.165) is 6.92 Å². The van der Waals surface area contributed by atoms with E-state index in [1.54, 1.807) is 12.1 Å². The highest BCUT2D eigenvalue weighted by molar-refractivity contribution is 6.33. The lowest BCUT2D eigenvalue weighted by molar-refractivity contribution is -0.412. The summed E-state index contributed by atoms with van der Waals surface area (Å²) in [4.78, 5) is 20.6. The third-order valence-corrected chi connectivity index (χ3v) is 2.60. The zero-order valence-electron chi connectivity index (χ0n) is 11.3. The summed E-state index contributed by atoms with van der Waals surface area (Å²) in [6.07, 6.45) is 0. The van der Waals surface area contributed by atoms with Crippen molar-refractivity contribution >= 4 is 29.2 Å². The van der Waals surface area contributed by atoms with Crippen LogP contribution in [0.1, 0.15) is 20.8 Å². The molecule has 0 unspecified atom stereocenters. The van der Waals surface area contributed by atoms with Crippen LogP contribution in [0, 0.1) is 5.92 Å². The lowest BCUT2D eigenvalue weighted by Crippen LogP contribution is -2.68. The molecule has 0 aliphatic rings. The molecular formula is C13H19ClN2O3. The smallest absolute Gasteiger partial charge is 0.282 e. The first-order valence-electron chi connectivity index (χ1n) is 5.81. The Labute approximate surface area is 117 Å². The van der Waals surface area contributed by atoms with E-state index in [0.29, 0.717) is 10.7 Å². The van der Waals surface area contributed by atoms with Crippen LogP contribution >= 0.6 is 11.6 Å². The lowest BCUT2D eigenvalue weighted by Gasteiger charge is -2.12. The molecule has 0 radical (unpaired) electrons. The Morgan fingerprint density at radius 3 is 2.21 bits per heavy atom. The Hall–Kier alpha value is -1.59. The number of carboxylic acid groups (broad SMARTS) is 1. The molecule has 5 nitrogen and oxygen atoms in total. The number of carboxylic acids is 1. The van der Waals surface area contributed by atoms with Gasteiger partial charge in [-0.25, -0.2) is 0 Å². The second-order valence-electron chi connectivity index (χ2n) is 4.31. The van der Waals surface area contributed by atoms with Gasteiger partial charge in [0, 0.05) is 11.9 Å². The van der Waals surface area contributed by atoms with Crippen LogP contribution in [0.25, 0.3) is 0 Å². The van der Waals surface area contributed by atoms with Gasteiger partial charge in [-0.1, -0.05) is 37.6 Å². The highest BCUT2D eigenvalue weighted by atomic mass is 35.5. The van der Waals surface area contributed by atoms with Gasteiger partial charge in [-0.2, -0.15) is 0 Å². The summed E-state index contributed by atoms with van der Waals surface area (Å²) in [6.45, 7) is 4.90. The number of nitrogens with one attached hydrogen (secondary N) is 1. The molecule has 106 valence electrons. The maximum absolute atomic E-state index is 11.7. The molecule has 1 atom stereocenters. The Morgan fingerprint density at radius 1 is 1.32 bits per heavy atom. The van der Waals surface area contributed by atoms with Crippen molar-refractivity contribution in [2.24, 2.45) is 5.92 Å². The van der Waals surface area contributed by atoms with Gasteiger partial charge in [0.2, 0.25) is 0 Å². The number of quaternary nitrogens is 1. The molecule has 1 rings (SSSR count). The molecule has 0 bridgehead atoms. The fraction of sp³-hybridized carbons (Fsp3) is 0.385. The average molecular weight is 287 g/mol. The lowest BCUT2D eigenvalue weighted by atomic mass is 10.1. The number of rotatable bonds is 3. The number of para-hydroxylation sites is 1. The minimum atomic E-state index is -1.08. The van der Waals surface area contributed by atoms with Crippen molar-refractivity contribution in [3.05, 3.63) is 29.3 Å². The Morgan fingerprint density at radius 2 is 1.79 bits per heavy atom. The zero-order chi connectivity index (χ0) is 15.0. The molecular weight excluding hydrogens is 268 g/mol. The molecule has 0 saturated carbocycles. The molecule has 0 saturated heterocycles. The fourth-order valence-corrected chi connectivity index (χ4v) is 1.27. The number of hydrogen-bond donors (Lipinski definition) is 2. The highest BCUT2D eigenvalue weighted by Crippen LogP contribution is 2.20. The number of carbonyl (C=O) groups is 2. The summed E-state index contributed by atoms with van der Waals surface area (Å²) in [6, 6.07) is 6.90. The van der Waals surface area contributed by atoms with Gasteiger partial charge in [0.15, 0.2) is 6.04 Å². The quantitative estimate of drug-likeness (QED) is 0.836. The van der Waals surface area contributed by atoms with Gasteiger partial charge in [-0.15, -0.1) is 0 Å². The van der Waals surface area contributed by atoms with E-state index < -0.39 is 5.97 Å². The van der Waals surface area contributed by atoms with Crippen LogP contribution in [0.15, 0.2) is 24.3 Å². The summed E-state index contributed by atoms with van der Waals surface area (Å²) in [5.74, 6) is -0.967. The second kappa shape index (κ2) is 8.50. The molecule has 0 aromatic heterocycles. The first-order chi connectivity index (χ1) is 8.75. The van der Waals surface area contributed by atoms with Gasteiger partial charge in [0.25, 0.3) is 5.91 Å². The molecule has 0 fully saturated rings. The van der Waals surface area contributed by atoms with E-state index in [4.69, 9.17) is 21.5 Å². The topological polar surface area (TPSA) is 96.9 Å². The van der Waals surface area contributed by atoms with Crippen molar-refractivity contribution in [3.8, 4) is 0 Å². The van der Waals surface area contributed by atoms with Crippen molar-refractivity contribution in [3.63, 3.8) is 0 Å². The molecule has 6 heteroatoms. The van der Waals surface area contributed by atoms with Crippen molar-refractivity contribution in [1.82, 2.24) is 0 Å². The largest absolute Gasteiger partial charge is 0.550 e. The van der Waals surface area contributed by atoms with Gasteiger partial charge in [-0.05, 0) is 19.1 Å². The van der Waals surface area contributed by atoms with Gasteiger partial charge in [0.1, 0.15) is 0 Å². The van der Waals surface area contributed by atoms with Gasteiger partial charge in [0.05, 0.1) is 10.7 Å². The number of anilines is 1. The number of carbonyl (C=O) groups excluding carboxylic acids is 2. The van der Waals surface area contributed by atoms with Crippen molar-refractivity contribution in [2.75, 3.05) is 5.32 Å². The number of aliphatic carboxylic acids is 1. The van der Waals surface area contributed by atoms with E-state index >= 15 is 0 Å². The van der Waals surface area contributed by atoms with Crippen LogP contribution in [0.3, 0.4) is 0 Å². The first kappa shape index (κ1) is 17.4. The summed E-state index contributed by atoms with van der Waals surface area (Å²) in [5.41, 5.74) is 4.45. The van der Waals surface area contributed by atoms with E-state index in [-0.39, 0.29) is 17.9 Å². The van der Waals surface area contributed by atoms with Crippen LogP contribution in [0.4, 0.5) is 5.69 Å². The van der Waals surface area contributed by atoms with Gasteiger partial charge in [-0.3, -0.25) is 4.79 Å². The monoisotopic (exact) mass is 286 g/mol. The Balaban J connectivity index is 0.000000711. The minimum Gasteiger partial charge on any atom is -0.550 e. The van der Waals surface area contributed by atoms with E-state index in [1.165, 1.54) is 0 Å². The summed E-state index contributed by atoms with van der Waals surface area (Å²) < 4.78 is 0. The van der Waals surface area contributed by atoms with Crippen LogP contribution < -0.4 is 16.2 Å². The number of halogens is 1. The van der Waals surface area contributed by atoms with E-state index in [2.05, 4.69) is 11.1 Å². The van der Waals surface area contributed by atoms with Gasteiger partial charge < -0.3 is 21.0 Å². The van der Waals surface area contributed by atoms with Crippen LogP contribution in [0.5, 0.6) is 0 Å². The molecule has 1 aromatic rings. The van der Waals surface area contributed by atoms with E-state index in [1.807, 2.05) is 26.0 Å². The molecule has 4 N–H and O–H groups in total. The van der Waals surface area contributed by atoms with Crippen molar-refractivity contribution in [2.45, 2.75) is 26.8 Å². The highest BCUT2D eigenvalue weighted by Gasteiger charge is 2.21. The maximum atomic E-state index is 11.7.